The summed E-state index contributed by atoms with van der Waals surface area (Å²) in [5.41, 5.74) is -0.101. The predicted octanol–water partition coefficient (Wildman–Crippen LogP) is 4.05. The zero-order valence-electron chi connectivity index (χ0n) is 18.5. The molecule has 0 spiro atoms. The Bertz CT molecular complexity index is 1190. The van der Waals surface area contributed by atoms with Crippen LogP contribution in [-0.4, -0.2) is 59.7 Å². The third-order valence-corrected chi connectivity index (χ3v) is 9.70. The summed E-state index contributed by atoms with van der Waals surface area (Å²) in [6.07, 6.45) is -3.75. The van der Waals surface area contributed by atoms with Crippen LogP contribution in [0.15, 0.2) is 46.3 Å². The first-order chi connectivity index (χ1) is 15.9. The second kappa shape index (κ2) is 9.04. The maximum atomic E-state index is 13.5. The number of hydrogen-bond acceptors (Lipinski definition) is 6. The summed E-state index contributed by atoms with van der Waals surface area (Å²) in [6, 6.07) is 6.32. The number of carbonyl (C=O) groups is 1. The van der Waals surface area contributed by atoms with Crippen LogP contribution >= 0.6 is 11.8 Å². The number of thioether (sulfide) groups is 1. The lowest BCUT2D eigenvalue weighted by molar-refractivity contribution is -0.138. The van der Waals surface area contributed by atoms with E-state index >= 15 is 0 Å². The number of nitrogens with zero attached hydrogens (tertiary/aromatic N) is 3. The van der Waals surface area contributed by atoms with Gasteiger partial charge in [0.25, 0.3) is 0 Å². The largest absolute Gasteiger partial charge is 0.481 e. The van der Waals surface area contributed by atoms with E-state index in [1.54, 1.807) is 30.0 Å². The summed E-state index contributed by atoms with van der Waals surface area (Å²) < 4.78 is 67.0. The first-order valence-corrected chi connectivity index (χ1v) is 13.1. The highest BCUT2D eigenvalue weighted by atomic mass is 32.2. The fourth-order valence-electron chi connectivity index (χ4n) is 4.43. The minimum absolute atomic E-state index is 0.0598. The summed E-state index contributed by atoms with van der Waals surface area (Å²) in [7, 11) is -3.87. The molecular weight excluding hydrogens is 491 g/mol. The average Bonchev–Trinajstić information content (AvgIpc) is 3.16. The van der Waals surface area contributed by atoms with E-state index in [-0.39, 0.29) is 36.4 Å². The van der Waals surface area contributed by atoms with Gasteiger partial charge in [0.1, 0.15) is 5.82 Å². The molecule has 1 fully saturated rings. The monoisotopic (exact) mass is 515 g/mol. The Morgan fingerprint density at radius 2 is 1.91 bits per heavy atom. The van der Waals surface area contributed by atoms with Crippen molar-refractivity contribution in [2.75, 3.05) is 23.7 Å². The van der Waals surface area contributed by atoms with Gasteiger partial charge in [-0.25, -0.2) is 13.4 Å². The van der Waals surface area contributed by atoms with Gasteiger partial charge in [-0.05, 0) is 49.7 Å². The number of sulfonamides is 1. The molecule has 1 aromatic carbocycles. The predicted molar refractivity (Wildman–Crippen MR) is 122 cm³/mol. The maximum absolute atomic E-state index is 13.5. The first-order valence-electron chi connectivity index (χ1n) is 10.7. The summed E-state index contributed by atoms with van der Waals surface area (Å²) in [6.45, 7) is 3.98. The number of anilines is 1. The Morgan fingerprint density at radius 3 is 2.53 bits per heavy atom. The van der Waals surface area contributed by atoms with E-state index < -0.39 is 33.8 Å². The molecule has 1 saturated heterocycles. The van der Waals surface area contributed by atoms with Gasteiger partial charge in [-0.15, -0.1) is 11.8 Å². The van der Waals surface area contributed by atoms with E-state index in [0.29, 0.717) is 11.6 Å². The van der Waals surface area contributed by atoms with Crippen molar-refractivity contribution < 1.29 is 31.5 Å². The number of halogens is 3. The number of carboxylic acid groups (broad SMARTS) is 1. The number of aromatic nitrogens is 1. The van der Waals surface area contributed by atoms with E-state index in [2.05, 4.69) is 4.98 Å². The van der Waals surface area contributed by atoms with Crippen LogP contribution in [0.25, 0.3) is 0 Å². The molecule has 0 bridgehead atoms. The lowest BCUT2D eigenvalue weighted by Gasteiger charge is -2.44. The topological polar surface area (TPSA) is 90.8 Å². The van der Waals surface area contributed by atoms with Crippen molar-refractivity contribution in [3.05, 3.63) is 47.7 Å². The molecule has 34 heavy (non-hydrogen) atoms. The van der Waals surface area contributed by atoms with Crippen molar-refractivity contribution in [3.63, 3.8) is 0 Å². The molecule has 0 saturated carbocycles. The number of benzene rings is 1. The van der Waals surface area contributed by atoms with Crippen LogP contribution in [-0.2, 0) is 21.0 Å². The minimum Gasteiger partial charge on any atom is -0.481 e. The molecule has 1 unspecified atom stereocenters. The normalized spacial score (nSPS) is 23.7. The van der Waals surface area contributed by atoms with E-state index in [0.717, 1.165) is 22.7 Å². The van der Waals surface area contributed by atoms with Gasteiger partial charge in [0.2, 0.25) is 10.0 Å². The molecule has 4 rings (SSSR count). The summed E-state index contributed by atoms with van der Waals surface area (Å²) in [5, 5.41) is 9.17. The third kappa shape index (κ3) is 4.63. The average molecular weight is 516 g/mol. The molecule has 2 aliphatic rings. The molecule has 0 radical (unpaired) electrons. The summed E-state index contributed by atoms with van der Waals surface area (Å²) >= 11 is 1.52. The number of carboxylic acids is 1. The molecule has 2 aliphatic heterocycles. The Labute approximate surface area is 200 Å². The zero-order chi connectivity index (χ0) is 24.8. The summed E-state index contributed by atoms with van der Waals surface area (Å²) in [4.78, 5) is 18.0. The standard InChI is InChI=1S/C22H24F3N3O4S2/c1-13-14(2)28(8-7-27(13)20-6-3-16(11-26-20)22(23,24)25)34(31,32)17-4-5-19-18(10-17)15(12-33-19)9-21(29)30/h3-6,10-11,13-15H,7-9,12H2,1-2H3,(H,29,30)/t13-,14+,15?/m0/s1. The number of rotatable bonds is 5. The highest BCUT2D eigenvalue weighted by Crippen LogP contribution is 2.43. The molecule has 184 valence electrons. The highest BCUT2D eigenvalue weighted by Gasteiger charge is 2.40. The summed E-state index contributed by atoms with van der Waals surface area (Å²) in [5.74, 6) is -0.221. The van der Waals surface area contributed by atoms with Crippen molar-refractivity contribution in [3.8, 4) is 0 Å². The number of aliphatic carboxylic acids is 1. The van der Waals surface area contributed by atoms with Crippen LogP contribution in [0.2, 0.25) is 0 Å². The molecule has 3 heterocycles. The van der Waals surface area contributed by atoms with Gasteiger partial charge < -0.3 is 10.0 Å². The van der Waals surface area contributed by atoms with Gasteiger partial charge in [0.15, 0.2) is 0 Å². The fraction of sp³-hybridized carbons (Fsp3) is 0.455. The third-order valence-electron chi connectivity index (χ3n) is 6.46. The minimum atomic E-state index is -4.48. The second-order valence-electron chi connectivity index (χ2n) is 8.50. The van der Waals surface area contributed by atoms with E-state index in [1.165, 1.54) is 22.1 Å². The van der Waals surface area contributed by atoms with Gasteiger partial charge in [-0.1, -0.05) is 0 Å². The van der Waals surface area contributed by atoms with E-state index in [1.807, 2.05) is 6.92 Å². The van der Waals surface area contributed by atoms with Gasteiger partial charge in [0.05, 0.1) is 16.9 Å². The highest BCUT2D eigenvalue weighted by molar-refractivity contribution is 7.99. The van der Waals surface area contributed by atoms with Crippen LogP contribution in [0.5, 0.6) is 0 Å². The Morgan fingerprint density at radius 1 is 1.18 bits per heavy atom. The second-order valence-corrected chi connectivity index (χ2v) is 11.5. The molecule has 1 N–H and O–H groups in total. The number of hydrogen-bond donors (Lipinski definition) is 1. The zero-order valence-corrected chi connectivity index (χ0v) is 20.1. The number of pyridine rings is 1. The molecule has 12 heteroatoms. The Balaban J connectivity index is 1.55. The molecule has 2 aromatic rings. The molecular formula is C22H24F3N3O4S2. The van der Waals surface area contributed by atoms with Crippen molar-refractivity contribution in [1.29, 1.82) is 0 Å². The van der Waals surface area contributed by atoms with Crippen LogP contribution in [0, 0.1) is 0 Å². The van der Waals surface area contributed by atoms with Crippen LogP contribution in [0.1, 0.15) is 37.3 Å². The van der Waals surface area contributed by atoms with E-state index in [9.17, 15) is 26.4 Å². The van der Waals surface area contributed by atoms with Crippen molar-refractivity contribution in [2.24, 2.45) is 0 Å². The first kappa shape index (κ1) is 24.8. The SMILES string of the molecule is C[C@@H]1[C@H](C)N(c2ccc(C(F)(F)F)cn2)CCN1S(=O)(=O)c1ccc2c(c1)C(CC(=O)O)CS2. The van der Waals surface area contributed by atoms with Crippen molar-refractivity contribution in [2.45, 2.75) is 54.2 Å². The number of fused-ring (bicyclic) bond motifs is 1. The lowest BCUT2D eigenvalue weighted by atomic mass is 9.98. The lowest BCUT2D eigenvalue weighted by Crippen LogP contribution is -2.59. The molecule has 1 aromatic heterocycles. The molecule has 0 amide bonds. The smallest absolute Gasteiger partial charge is 0.417 e. The van der Waals surface area contributed by atoms with Crippen LogP contribution < -0.4 is 4.90 Å². The maximum Gasteiger partial charge on any atom is 0.417 e. The van der Waals surface area contributed by atoms with E-state index in [4.69, 9.17) is 5.11 Å². The van der Waals surface area contributed by atoms with Gasteiger partial charge in [-0.2, -0.15) is 17.5 Å². The molecule has 7 nitrogen and oxygen atoms in total. The van der Waals surface area contributed by atoms with Gasteiger partial charge in [-0.3, -0.25) is 4.79 Å². The quantitative estimate of drug-likeness (QED) is 0.643. The van der Waals surface area contributed by atoms with Gasteiger partial charge >= 0.3 is 12.1 Å². The Kier molecular flexibility index (Phi) is 6.60. The van der Waals surface area contributed by atoms with Gasteiger partial charge in [0, 0.05) is 47.9 Å². The number of alkyl halides is 3. The number of piperazine rings is 1. The Hall–Kier alpha value is -2.31. The fourth-order valence-corrected chi connectivity index (χ4v) is 7.39. The molecule has 0 aliphatic carbocycles. The molecule has 3 atom stereocenters. The van der Waals surface area contributed by atoms with Crippen molar-refractivity contribution >= 4 is 33.6 Å². The van der Waals surface area contributed by atoms with Crippen molar-refractivity contribution in [1.82, 2.24) is 9.29 Å². The van der Waals surface area contributed by atoms with Crippen LogP contribution in [0.4, 0.5) is 19.0 Å². The van der Waals surface area contributed by atoms with Crippen LogP contribution in [0.3, 0.4) is 0 Å².